The lowest BCUT2D eigenvalue weighted by Gasteiger charge is -2.03. The van der Waals surface area contributed by atoms with Crippen LogP contribution in [0.4, 0.5) is 5.82 Å². The summed E-state index contributed by atoms with van der Waals surface area (Å²) >= 11 is 0. The van der Waals surface area contributed by atoms with Crippen LogP contribution in [0.25, 0.3) is 5.65 Å². The number of hydrogen-bond acceptors (Lipinski definition) is 4. The molecule has 2 rings (SSSR count). The number of aromatic nitrogens is 3. The van der Waals surface area contributed by atoms with Crippen LogP contribution in [-0.2, 0) is 6.54 Å². The minimum atomic E-state index is 0.446. The smallest absolute Gasteiger partial charge is 0.153 e. The van der Waals surface area contributed by atoms with Crippen molar-refractivity contribution in [3.63, 3.8) is 0 Å². The van der Waals surface area contributed by atoms with Gasteiger partial charge in [-0.1, -0.05) is 13.3 Å². The van der Waals surface area contributed by atoms with Gasteiger partial charge in [0.05, 0.1) is 11.9 Å². The van der Waals surface area contributed by atoms with Crippen LogP contribution >= 0.6 is 0 Å². The molecule has 2 heterocycles. The fourth-order valence-electron chi connectivity index (χ4n) is 1.52. The first-order valence-electron chi connectivity index (χ1n) is 5.62. The third-order valence-electron chi connectivity index (χ3n) is 2.42. The van der Waals surface area contributed by atoms with Gasteiger partial charge in [0.25, 0.3) is 0 Å². The lowest BCUT2D eigenvalue weighted by atomic mass is 10.3. The molecular weight excluding hydrogens is 202 g/mol. The Kier molecular flexibility index (Phi) is 3.36. The van der Waals surface area contributed by atoms with Crippen molar-refractivity contribution in [3.05, 3.63) is 24.0 Å². The number of rotatable bonds is 5. The first-order chi connectivity index (χ1) is 7.83. The lowest BCUT2D eigenvalue weighted by molar-refractivity contribution is 0.822. The van der Waals surface area contributed by atoms with Crippen LogP contribution in [0.15, 0.2) is 18.3 Å². The average Bonchev–Trinajstić information content (AvgIpc) is 2.71. The average molecular weight is 219 g/mol. The highest BCUT2D eigenvalue weighted by atomic mass is 15.3. The molecule has 86 valence electrons. The van der Waals surface area contributed by atoms with E-state index in [1.54, 1.807) is 4.52 Å². The van der Waals surface area contributed by atoms with Crippen LogP contribution in [0.3, 0.4) is 0 Å². The maximum absolute atomic E-state index is 5.53. The van der Waals surface area contributed by atoms with Gasteiger partial charge < -0.3 is 11.1 Å². The molecule has 0 saturated carbocycles. The van der Waals surface area contributed by atoms with Crippen molar-refractivity contribution in [2.75, 3.05) is 11.9 Å². The first-order valence-corrected chi connectivity index (χ1v) is 5.62. The Balaban J connectivity index is 2.15. The van der Waals surface area contributed by atoms with E-state index in [1.807, 2.05) is 18.3 Å². The van der Waals surface area contributed by atoms with Gasteiger partial charge in [0.2, 0.25) is 0 Å². The van der Waals surface area contributed by atoms with E-state index in [4.69, 9.17) is 5.73 Å². The molecule has 3 N–H and O–H groups in total. The zero-order chi connectivity index (χ0) is 11.4. The van der Waals surface area contributed by atoms with Crippen molar-refractivity contribution in [1.82, 2.24) is 14.6 Å². The summed E-state index contributed by atoms with van der Waals surface area (Å²) in [6, 6.07) is 3.89. The largest absolute Gasteiger partial charge is 0.369 e. The van der Waals surface area contributed by atoms with Gasteiger partial charge in [-0.15, -0.1) is 5.10 Å². The van der Waals surface area contributed by atoms with Crippen molar-refractivity contribution in [2.45, 2.75) is 26.3 Å². The summed E-state index contributed by atoms with van der Waals surface area (Å²) in [6.45, 7) is 3.57. The summed E-state index contributed by atoms with van der Waals surface area (Å²) in [5, 5.41) is 7.68. The molecule has 0 aliphatic rings. The van der Waals surface area contributed by atoms with E-state index in [9.17, 15) is 0 Å². The van der Waals surface area contributed by atoms with E-state index in [0.717, 1.165) is 30.1 Å². The molecule has 0 spiro atoms. The second-order valence-electron chi connectivity index (χ2n) is 3.74. The Labute approximate surface area is 94.7 Å². The molecule has 0 fully saturated rings. The Hall–Kier alpha value is -1.62. The molecule has 2 aromatic rings. The first kappa shape index (κ1) is 10.9. The van der Waals surface area contributed by atoms with Gasteiger partial charge >= 0.3 is 0 Å². The number of nitrogens with one attached hydrogen (secondary N) is 1. The Bertz CT molecular complexity index is 462. The van der Waals surface area contributed by atoms with Crippen molar-refractivity contribution in [1.29, 1.82) is 0 Å². The summed E-state index contributed by atoms with van der Waals surface area (Å²) < 4.78 is 1.76. The number of nitrogens with zero attached hydrogens (tertiary/aromatic N) is 3. The standard InChI is InChI=1S/C11H17N5/c1-2-3-6-13-10-4-5-11-14-9(7-12)8-16(11)15-10/h4-5,8H,2-3,6-7,12H2,1H3,(H,13,15). The van der Waals surface area contributed by atoms with E-state index < -0.39 is 0 Å². The van der Waals surface area contributed by atoms with Gasteiger partial charge in [-0.05, 0) is 18.6 Å². The Morgan fingerprint density at radius 1 is 1.44 bits per heavy atom. The Morgan fingerprint density at radius 3 is 3.06 bits per heavy atom. The van der Waals surface area contributed by atoms with Crippen LogP contribution in [0, 0.1) is 0 Å². The van der Waals surface area contributed by atoms with Crippen molar-refractivity contribution in [2.24, 2.45) is 5.73 Å². The molecule has 5 nitrogen and oxygen atoms in total. The molecule has 16 heavy (non-hydrogen) atoms. The van der Waals surface area contributed by atoms with Gasteiger partial charge in [0, 0.05) is 13.1 Å². The van der Waals surface area contributed by atoms with Gasteiger partial charge in [-0.2, -0.15) is 0 Å². The van der Waals surface area contributed by atoms with Gasteiger partial charge in [0.1, 0.15) is 5.82 Å². The van der Waals surface area contributed by atoms with Crippen LogP contribution in [-0.4, -0.2) is 21.1 Å². The van der Waals surface area contributed by atoms with E-state index in [0.29, 0.717) is 6.54 Å². The number of unbranched alkanes of at least 4 members (excludes halogenated alkanes) is 1. The van der Waals surface area contributed by atoms with Crippen molar-refractivity contribution >= 4 is 11.5 Å². The normalized spacial score (nSPS) is 10.9. The van der Waals surface area contributed by atoms with Crippen LogP contribution < -0.4 is 11.1 Å². The SMILES string of the molecule is CCCCNc1ccc2nc(CN)cn2n1. The molecule has 0 saturated heterocycles. The molecular formula is C11H17N5. The molecule has 0 aliphatic heterocycles. The highest BCUT2D eigenvalue weighted by Gasteiger charge is 2.01. The fraction of sp³-hybridized carbons (Fsp3) is 0.455. The summed E-state index contributed by atoms with van der Waals surface area (Å²) in [5.74, 6) is 0.877. The lowest BCUT2D eigenvalue weighted by Crippen LogP contribution is -2.04. The molecule has 0 radical (unpaired) electrons. The van der Waals surface area contributed by atoms with Crippen LogP contribution in [0.2, 0.25) is 0 Å². The highest BCUT2D eigenvalue weighted by molar-refractivity contribution is 5.45. The molecule has 5 heteroatoms. The molecule has 0 aromatic carbocycles. The topological polar surface area (TPSA) is 68.2 Å². The summed E-state index contributed by atoms with van der Waals surface area (Å²) in [5.41, 5.74) is 7.22. The predicted molar refractivity (Wildman–Crippen MR) is 64.3 cm³/mol. The predicted octanol–water partition coefficient (Wildman–Crippen LogP) is 1.40. The van der Waals surface area contributed by atoms with E-state index in [-0.39, 0.29) is 0 Å². The van der Waals surface area contributed by atoms with E-state index in [2.05, 4.69) is 22.3 Å². The maximum Gasteiger partial charge on any atom is 0.153 e. The van der Waals surface area contributed by atoms with Crippen molar-refractivity contribution < 1.29 is 0 Å². The zero-order valence-corrected chi connectivity index (χ0v) is 9.48. The summed E-state index contributed by atoms with van der Waals surface area (Å²) in [6.07, 6.45) is 4.19. The number of anilines is 1. The number of nitrogens with two attached hydrogens (primary N) is 1. The highest BCUT2D eigenvalue weighted by Crippen LogP contribution is 2.07. The molecule has 0 unspecified atom stereocenters. The minimum absolute atomic E-state index is 0.446. The third-order valence-corrected chi connectivity index (χ3v) is 2.42. The monoisotopic (exact) mass is 219 g/mol. The summed E-state index contributed by atoms with van der Waals surface area (Å²) in [4.78, 5) is 4.32. The summed E-state index contributed by atoms with van der Waals surface area (Å²) in [7, 11) is 0. The maximum atomic E-state index is 5.53. The fourth-order valence-corrected chi connectivity index (χ4v) is 1.52. The molecule has 0 aliphatic carbocycles. The number of hydrogen-bond donors (Lipinski definition) is 2. The second kappa shape index (κ2) is 4.94. The van der Waals surface area contributed by atoms with Gasteiger partial charge in [-0.25, -0.2) is 9.50 Å². The molecule has 0 atom stereocenters. The van der Waals surface area contributed by atoms with E-state index >= 15 is 0 Å². The molecule has 0 amide bonds. The number of fused-ring (bicyclic) bond motifs is 1. The second-order valence-corrected chi connectivity index (χ2v) is 3.74. The third kappa shape index (κ3) is 2.30. The molecule has 2 aromatic heterocycles. The minimum Gasteiger partial charge on any atom is -0.369 e. The van der Waals surface area contributed by atoms with Crippen LogP contribution in [0.5, 0.6) is 0 Å². The van der Waals surface area contributed by atoms with Crippen molar-refractivity contribution in [3.8, 4) is 0 Å². The quantitative estimate of drug-likeness (QED) is 0.746. The van der Waals surface area contributed by atoms with Gasteiger partial charge in [0.15, 0.2) is 5.65 Å². The van der Waals surface area contributed by atoms with Gasteiger partial charge in [-0.3, -0.25) is 0 Å². The Morgan fingerprint density at radius 2 is 2.31 bits per heavy atom. The molecule has 0 bridgehead atoms. The van der Waals surface area contributed by atoms with E-state index in [1.165, 1.54) is 6.42 Å². The zero-order valence-electron chi connectivity index (χ0n) is 9.48. The van der Waals surface area contributed by atoms with Crippen LogP contribution in [0.1, 0.15) is 25.5 Å². The number of imidazole rings is 1.